The summed E-state index contributed by atoms with van der Waals surface area (Å²) in [4.78, 5) is 17.9. The summed E-state index contributed by atoms with van der Waals surface area (Å²) >= 11 is 0. The summed E-state index contributed by atoms with van der Waals surface area (Å²) in [5, 5.41) is 6.71. The van der Waals surface area contributed by atoms with E-state index in [1.807, 2.05) is 25.1 Å². The normalized spacial score (nSPS) is 17.1. The van der Waals surface area contributed by atoms with Crippen LogP contribution < -0.4 is 20.1 Å². The standard InChI is InChI=1S/C20H32N4O4.HI/c1-14(17-10-16(26-4)6-7-18(17)27-5)23-20(22-12-19(25)24(2)3)21-11-15-8-9-28-13-15;/h6-7,10,14-15H,8-9,11-13H2,1-5H3,(H2,21,22,23);1H. The molecule has 1 amide bonds. The Kier molecular flexibility index (Phi) is 11.1. The second-order valence-corrected chi connectivity index (χ2v) is 7.04. The number of carbonyl (C=O) groups excluding carboxylic acids is 1. The molecule has 1 aromatic carbocycles. The highest BCUT2D eigenvalue weighted by Crippen LogP contribution is 2.29. The SMILES string of the molecule is COc1ccc(OC)c(C(C)NC(=NCC(=O)N(C)C)NCC2CCOC2)c1.I. The van der Waals surface area contributed by atoms with E-state index in [0.717, 1.165) is 43.2 Å². The molecule has 1 aliphatic heterocycles. The van der Waals surface area contributed by atoms with Crippen molar-refractivity contribution >= 4 is 35.8 Å². The second kappa shape index (κ2) is 12.7. The van der Waals surface area contributed by atoms with Gasteiger partial charge in [0.05, 0.1) is 26.9 Å². The molecule has 0 aromatic heterocycles. The second-order valence-electron chi connectivity index (χ2n) is 7.04. The Bertz CT molecular complexity index is 678. The fourth-order valence-corrected chi connectivity index (χ4v) is 2.89. The van der Waals surface area contributed by atoms with Gasteiger partial charge in [-0.2, -0.15) is 0 Å². The van der Waals surface area contributed by atoms with Crippen molar-refractivity contribution in [1.29, 1.82) is 0 Å². The number of ether oxygens (including phenoxy) is 3. The Morgan fingerprint density at radius 3 is 2.69 bits per heavy atom. The van der Waals surface area contributed by atoms with Gasteiger partial charge in [0.25, 0.3) is 0 Å². The molecule has 0 aliphatic carbocycles. The molecule has 0 spiro atoms. The lowest BCUT2D eigenvalue weighted by atomic mass is 10.1. The van der Waals surface area contributed by atoms with Crippen molar-refractivity contribution in [2.24, 2.45) is 10.9 Å². The van der Waals surface area contributed by atoms with Gasteiger partial charge in [-0.3, -0.25) is 4.79 Å². The average molecular weight is 520 g/mol. The molecular weight excluding hydrogens is 487 g/mol. The zero-order valence-corrected chi connectivity index (χ0v) is 20.2. The number of halogens is 1. The van der Waals surface area contributed by atoms with E-state index >= 15 is 0 Å². The van der Waals surface area contributed by atoms with Gasteiger partial charge in [-0.25, -0.2) is 4.99 Å². The fourth-order valence-electron chi connectivity index (χ4n) is 2.89. The van der Waals surface area contributed by atoms with Crippen molar-refractivity contribution in [2.75, 3.05) is 54.6 Å². The van der Waals surface area contributed by atoms with Crippen molar-refractivity contribution in [1.82, 2.24) is 15.5 Å². The molecule has 2 rings (SSSR count). The Morgan fingerprint density at radius 2 is 2.10 bits per heavy atom. The first-order valence-corrected chi connectivity index (χ1v) is 9.49. The van der Waals surface area contributed by atoms with E-state index < -0.39 is 0 Å². The summed E-state index contributed by atoms with van der Waals surface area (Å²) in [7, 11) is 6.71. The van der Waals surface area contributed by atoms with Crippen molar-refractivity contribution in [3.63, 3.8) is 0 Å². The van der Waals surface area contributed by atoms with E-state index in [-0.39, 0.29) is 42.5 Å². The molecule has 2 unspecified atom stereocenters. The van der Waals surface area contributed by atoms with Crippen molar-refractivity contribution in [3.8, 4) is 11.5 Å². The third kappa shape index (κ3) is 7.88. The number of nitrogens with zero attached hydrogens (tertiary/aromatic N) is 2. The Labute approximate surface area is 190 Å². The minimum absolute atomic E-state index is 0. The summed E-state index contributed by atoms with van der Waals surface area (Å²) in [5.74, 6) is 2.48. The van der Waals surface area contributed by atoms with Crippen LogP contribution in [0.4, 0.5) is 0 Å². The predicted molar refractivity (Wildman–Crippen MR) is 124 cm³/mol. The lowest BCUT2D eigenvalue weighted by molar-refractivity contribution is -0.127. The molecule has 9 heteroatoms. The number of likely N-dealkylation sites (N-methyl/N-ethyl adjacent to an activating group) is 1. The van der Waals surface area contributed by atoms with Gasteiger partial charge in [-0.1, -0.05) is 0 Å². The maximum absolute atomic E-state index is 12.0. The third-order valence-electron chi connectivity index (χ3n) is 4.71. The van der Waals surface area contributed by atoms with E-state index in [0.29, 0.717) is 11.9 Å². The first kappa shape index (κ1) is 25.3. The van der Waals surface area contributed by atoms with Crippen LogP contribution in [0.2, 0.25) is 0 Å². The highest BCUT2D eigenvalue weighted by Gasteiger charge is 2.18. The summed E-state index contributed by atoms with van der Waals surface area (Å²) in [5.41, 5.74) is 0.944. The van der Waals surface area contributed by atoms with Gasteiger partial charge < -0.3 is 29.7 Å². The zero-order chi connectivity index (χ0) is 20.5. The van der Waals surface area contributed by atoms with Crippen molar-refractivity contribution in [3.05, 3.63) is 23.8 Å². The van der Waals surface area contributed by atoms with Gasteiger partial charge in [0.1, 0.15) is 18.0 Å². The van der Waals surface area contributed by atoms with Crippen LogP contribution in [-0.2, 0) is 9.53 Å². The van der Waals surface area contributed by atoms with E-state index in [1.54, 1.807) is 28.3 Å². The van der Waals surface area contributed by atoms with Crippen LogP contribution in [0, 0.1) is 5.92 Å². The lowest BCUT2D eigenvalue weighted by Gasteiger charge is -2.22. The molecule has 8 nitrogen and oxygen atoms in total. The first-order chi connectivity index (χ1) is 13.4. The quantitative estimate of drug-likeness (QED) is 0.310. The van der Waals surface area contributed by atoms with Crippen LogP contribution in [0.5, 0.6) is 11.5 Å². The summed E-state index contributed by atoms with van der Waals surface area (Å²) in [6.07, 6.45) is 1.02. The molecule has 0 radical (unpaired) electrons. The van der Waals surface area contributed by atoms with Gasteiger partial charge in [0.15, 0.2) is 5.96 Å². The summed E-state index contributed by atoms with van der Waals surface area (Å²) in [6.45, 7) is 4.37. The van der Waals surface area contributed by atoms with Crippen LogP contribution in [0.25, 0.3) is 0 Å². The van der Waals surface area contributed by atoms with E-state index in [9.17, 15) is 4.79 Å². The molecule has 1 fully saturated rings. The van der Waals surface area contributed by atoms with Gasteiger partial charge in [0.2, 0.25) is 5.91 Å². The Hall–Kier alpha value is -1.75. The maximum Gasteiger partial charge on any atom is 0.243 e. The Balaban J connectivity index is 0.00000420. The minimum atomic E-state index is -0.106. The molecule has 1 aliphatic rings. The van der Waals surface area contributed by atoms with Crippen LogP contribution in [0.15, 0.2) is 23.2 Å². The van der Waals surface area contributed by atoms with Crippen LogP contribution in [0.3, 0.4) is 0 Å². The number of methoxy groups -OCH3 is 2. The topological polar surface area (TPSA) is 84.4 Å². The highest BCUT2D eigenvalue weighted by molar-refractivity contribution is 14.0. The van der Waals surface area contributed by atoms with Gasteiger partial charge >= 0.3 is 0 Å². The minimum Gasteiger partial charge on any atom is -0.497 e. The molecule has 0 saturated carbocycles. The number of nitrogens with one attached hydrogen (secondary N) is 2. The lowest BCUT2D eigenvalue weighted by Crippen LogP contribution is -2.42. The van der Waals surface area contributed by atoms with Crippen LogP contribution >= 0.6 is 24.0 Å². The number of amides is 1. The first-order valence-electron chi connectivity index (χ1n) is 9.49. The number of aliphatic imine (C=N–C) groups is 1. The van der Waals surface area contributed by atoms with Crippen molar-refractivity contribution < 1.29 is 19.0 Å². The molecule has 29 heavy (non-hydrogen) atoms. The Morgan fingerprint density at radius 1 is 1.34 bits per heavy atom. The van der Waals surface area contributed by atoms with Crippen LogP contribution in [0.1, 0.15) is 24.9 Å². The van der Waals surface area contributed by atoms with E-state index in [2.05, 4.69) is 15.6 Å². The predicted octanol–water partition coefficient (Wildman–Crippen LogP) is 2.04. The molecule has 1 saturated heterocycles. The average Bonchev–Trinajstić information content (AvgIpc) is 3.22. The number of benzene rings is 1. The third-order valence-corrected chi connectivity index (χ3v) is 4.71. The molecule has 0 bridgehead atoms. The number of rotatable bonds is 8. The molecule has 2 N–H and O–H groups in total. The van der Waals surface area contributed by atoms with Gasteiger partial charge in [0, 0.05) is 38.7 Å². The molecule has 164 valence electrons. The smallest absolute Gasteiger partial charge is 0.243 e. The molecular formula is C20H33IN4O4. The van der Waals surface area contributed by atoms with Gasteiger partial charge in [-0.15, -0.1) is 24.0 Å². The number of hydrogen-bond donors (Lipinski definition) is 2. The van der Waals surface area contributed by atoms with Gasteiger partial charge in [-0.05, 0) is 31.5 Å². The highest BCUT2D eigenvalue weighted by atomic mass is 127. The van der Waals surface area contributed by atoms with Crippen molar-refractivity contribution in [2.45, 2.75) is 19.4 Å². The fraction of sp³-hybridized carbons (Fsp3) is 0.600. The summed E-state index contributed by atoms with van der Waals surface area (Å²) in [6, 6.07) is 5.56. The zero-order valence-electron chi connectivity index (χ0n) is 17.9. The molecule has 1 heterocycles. The van der Waals surface area contributed by atoms with Crippen LogP contribution in [-0.4, -0.2) is 71.4 Å². The number of hydrogen-bond acceptors (Lipinski definition) is 5. The number of carbonyl (C=O) groups is 1. The largest absolute Gasteiger partial charge is 0.497 e. The summed E-state index contributed by atoms with van der Waals surface area (Å²) < 4.78 is 16.3. The maximum atomic E-state index is 12.0. The monoisotopic (exact) mass is 520 g/mol. The van der Waals surface area contributed by atoms with E-state index in [4.69, 9.17) is 14.2 Å². The molecule has 1 aromatic rings. The van der Waals surface area contributed by atoms with E-state index in [1.165, 1.54) is 4.90 Å². The molecule has 2 atom stereocenters. The number of guanidine groups is 1.